The molecule has 1 aliphatic heterocycles. The highest BCUT2D eigenvalue weighted by Gasteiger charge is 2.28. The molecule has 0 bridgehead atoms. The molecule has 4 rings (SSSR count). The molecular weight excluding hydrogens is 294 g/mol. The lowest BCUT2D eigenvalue weighted by Gasteiger charge is -2.31. The predicted octanol–water partition coefficient (Wildman–Crippen LogP) is 1.11. The van der Waals surface area contributed by atoms with E-state index in [1.807, 2.05) is 11.9 Å². The summed E-state index contributed by atoms with van der Waals surface area (Å²) >= 11 is 0. The molecule has 0 spiro atoms. The van der Waals surface area contributed by atoms with Gasteiger partial charge in [-0.2, -0.15) is 10.2 Å². The lowest BCUT2D eigenvalue weighted by atomic mass is 9.93. The van der Waals surface area contributed by atoms with Crippen LogP contribution in [-0.2, 0) is 7.05 Å². The zero-order valence-electron chi connectivity index (χ0n) is 12.8. The summed E-state index contributed by atoms with van der Waals surface area (Å²) in [6.45, 7) is 1.42. The molecule has 0 saturated carbocycles. The second-order valence-corrected chi connectivity index (χ2v) is 5.81. The van der Waals surface area contributed by atoms with Gasteiger partial charge in [-0.25, -0.2) is 9.97 Å². The Balaban J connectivity index is 1.48. The minimum absolute atomic E-state index is 0.00156. The highest BCUT2D eigenvalue weighted by atomic mass is 16.2. The number of rotatable bonds is 2. The van der Waals surface area contributed by atoms with Crippen molar-refractivity contribution in [3.63, 3.8) is 0 Å². The van der Waals surface area contributed by atoms with Crippen molar-refractivity contribution in [1.29, 1.82) is 0 Å². The molecule has 1 saturated heterocycles. The van der Waals surface area contributed by atoms with Gasteiger partial charge in [0.05, 0.1) is 5.69 Å². The third-order valence-corrected chi connectivity index (χ3v) is 4.34. The smallest absolute Gasteiger partial charge is 0.274 e. The van der Waals surface area contributed by atoms with Gasteiger partial charge < -0.3 is 4.90 Å². The van der Waals surface area contributed by atoms with Crippen LogP contribution in [0.1, 0.15) is 34.9 Å². The Bertz CT molecular complexity index is 844. The Morgan fingerprint density at radius 2 is 2.04 bits per heavy atom. The van der Waals surface area contributed by atoms with Crippen LogP contribution in [0.3, 0.4) is 0 Å². The molecular formula is C15H17N7O. The van der Waals surface area contributed by atoms with E-state index in [1.54, 1.807) is 29.3 Å². The van der Waals surface area contributed by atoms with E-state index in [2.05, 4.69) is 25.3 Å². The van der Waals surface area contributed by atoms with Gasteiger partial charge in [0, 0.05) is 44.6 Å². The number of aromatic amines is 1. The van der Waals surface area contributed by atoms with Crippen LogP contribution in [0.25, 0.3) is 11.2 Å². The number of hydrogen-bond acceptors (Lipinski definition) is 5. The summed E-state index contributed by atoms with van der Waals surface area (Å²) in [6, 6.07) is 1.76. The van der Waals surface area contributed by atoms with Gasteiger partial charge in [0.15, 0.2) is 5.65 Å². The van der Waals surface area contributed by atoms with Crippen LogP contribution in [0.5, 0.6) is 0 Å². The predicted molar refractivity (Wildman–Crippen MR) is 82.8 cm³/mol. The second-order valence-electron chi connectivity index (χ2n) is 5.81. The van der Waals surface area contributed by atoms with Crippen LogP contribution in [0.15, 0.2) is 24.7 Å². The molecule has 1 aliphatic rings. The standard InChI is InChI=1S/C15H17N7O/c1-21-7-4-11(20-21)15(23)22-8-2-10(3-9-22)12-13-14(19-18-12)17-6-5-16-13/h4-7,10H,2-3,8-9H2,1H3,(H,17,18,19). The Kier molecular flexibility index (Phi) is 3.29. The number of amides is 1. The normalized spacial score (nSPS) is 16.1. The number of likely N-dealkylation sites (tertiary alicyclic amines) is 1. The fraction of sp³-hybridized carbons (Fsp3) is 0.400. The first-order valence-corrected chi connectivity index (χ1v) is 7.66. The van der Waals surface area contributed by atoms with Crippen LogP contribution in [0, 0.1) is 0 Å². The van der Waals surface area contributed by atoms with Gasteiger partial charge in [-0.1, -0.05) is 0 Å². The number of nitrogens with zero attached hydrogens (tertiary/aromatic N) is 6. The molecule has 0 radical (unpaired) electrons. The molecule has 1 N–H and O–H groups in total. The summed E-state index contributed by atoms with van der Waals surface area (Å²) in [5.41, 5.74) is 3.01. The number of H-pyrrole nitrogens is 1. The first-order chi connectivity index (χ1) is 11.2. The first kappa shape index (κ1) is 13.9. The number of carbonyl (C=O) groups is 1. The van der Waals surface area contributed by atoms with E-state index >= 15 is 0 Å². The van der Waals surface area contributed by atoms with Crippen molar-refractivity contribution in [1.82, 2.24) is 34.8 Å². The van der Waals surface area contributed by atoms with Gasteiger partial charge in [0.25, 0.3) is 5.91 Å². The molecule has 8 heteroatoms. The number of piperidine rings is 1. The lowest BCUT2D eigenvalue weighted by molar-refractivity contribution is 0.0705. The van der Waals surface area contributed by atoms with Crippen molar-refractivity contribution < 1.29 is 4.79 Å². The van der Waals surface area contributed by atoms with Gasteiger partial charge in [-0.15, -0.1) is 0 Å². The number of hydrogen-bond donors (Lipinski definition) is 1. The third kappa shape index (κ3) is 2.45. The van der Waals surface area contributed by atoms with Gasteiger partial charge in [-0.3, -0.25) is 14.6 Å². The molecule has 1 amide bonds. The van der Waals surface area contributed by atoms with E-state index in [-0.39, 0.29) is 5.91 Å². The van der Waals surface area contributed by atoms with Crippen molar-refractivity contribution in [3.8, 4) is 0 Å². The molecule has 0 atom stereocenters. The van der Waals surface area contributed by atoms with Gasteiger partial charge in [0.1, 0.15) is 11.2 Å². The molecule has 4 heterocycles. The minimum atomic E-state index is -0.00156. The molecule has 3 aromatic heterocycles. The van der Waals surface area contributed by atoms with E-state index in [9.17, 15) is 4.79 Å². The topological polar surface area (TPSA) is 92.6 Å². The molecule has 0 aliphatic carbocycles. The highest BCUT2D eigenvalue weighted by Crippen LogP contribution is 2.30. The van der Waals surface area contributed by atoms with E-state index in [4.69, 9.17) is 0 Å². The van der Waals surface area contributed by atoms with Crippen molar-refractivity contribution in [2.75, 3.05) is 13.1 Å². The van der Waals surface area contributed by atoms with Crippen LogP contribution in [0.4, 0.5) is 0 Å². The van der Waals surface area contributed by atoms with Crippen molar-refractivity contribution in [2.45, 2.75) is 18.8 Å². The molecule has 23 heavy (non-hydrogen) atoms. The summed E-state index contributed by atoms with van der Waals surface area (Å²) in [5.74, 6) is 0.322. The van der Waals surface area contributed by atoms with E-state index in [0.717, 1.165) is 24.1 Å². The number of carbonyl (C=O) groups excluding carboxylic acids is 1. The quantitative estimate of drug-likeness (QED) is 0.765. The summed E-state index contributed by atoms with van der Waals surface area (Å²) in [4.78, 5) is 22.9. The average Bonchev–Trinajstić information content (AvgIpc) is 3.21. The number of aromatic nitrogens is 6. The Morgan fingerprint density at radius 3 is 2.78 bits per heavy atom. The monoisotopic (exact) mass is 311 g/mol. The van der Waals surface area contributed by atoms with Crippen LogP contribution in [-0.4, -0.2) is 53.8 Å². The Morgan fingerprint density at radius 1 is 1.26 bits per heavy atom. The van der Waals surface area contributed by atoms with Crippen LogP contribution < -0.4 is 0 Å². The van der Waals surface area contributed by atoms with Crippen LogP contribution >= 0.6 is 0 Å². The fourth-order valence-corrected chi connectivity index (χ4v) is 3.12. The lowest BCUT2D eigenvalue weighted by Crippen LogP contribution is -2.38. The maximum Gasteiger partial charge on any atom is 0.274 e. The SMILES string of the molecule is Cn1ccc(C(=O)N2CCC(c3[nH]nc4nccnc34)CC2)n1. The van der Waals surface area contributed by atoms with Crippen molar-refractivity contribution >= 4 is 17.1 Å². The molecule has 0 unspecified atom stereocenters. The average molecular weight is 311 g/mol. The number of fused-ring (bicyclic) bond motifs is 1. The summed E-state index contributed by atoms with van der Waals surface area (Å²) in [6.07, 6.45) is 6.87. The maximum atomic E-state index is 12.4. The molecule has 8 nitrogen and oxygen atoms in total. The van der Waals surface area contributed by atoms with Gasteiger partial charge in [0.2, 0.25) is 0 Å². The third-order valence-electron chi connectivity index (χ3n) is 4.34. The van der Waals surface area contributed by atoms with Gasteiger partial charge in [-0.05, 0) is 18.9 Å². The minimum Gasteiger partial charge on any atom is -0.337 e. The summed E-state index contributed by atoms with van der Waals surface area (Å²) in [5, 5.41) is 11.5. The largest absolute Gasteiger partial charge is 0.337 e. The number of aryl methyl sites for hydroxylation is 1. The van der Waals surface area contributed by atoms with E-state index in [1.165, 1.54) is 0 Å². The summed E-state index contributed by atoms with van der Waals surface area (Å²) < 4.78 is 1.65. The zero-order chi connectivity index (χ0) is 15.8. The van der Waals surface area contributed by atoms with Crippen molar-refractivity contribution in [2.24, 2.45) is 7.05 Å². The van der Waals surface area contributed by atoms with E-state index < -0.39 is 0 Å². The zero-order valence-corrected chi connectivity index (χ0v) is 12.8. The Hall–Kier alpha value is -2.77. The van der Waals surface area contributed by atoms with E-state index in [0.29, 0.717) is 30.3 Å². The van der Waals surface area contributed by atoms with Crippen molar-refractivity contribution in [3.05, 3.63) is 36.0 Å². The maximum absolute atomic E-state index is 12.4. The fourth-order valence-electron chi connectivity index (χ4n) is 3.12. The summed E-state index contributed by atoms with van der Waals surface area (Å²) in [7, 11) is 1.81. The molecule has 118 valence electrons. The first-order valence-electron chi connectivity index (χ1n) is 7.66. The highest BCUT2D eigenvalue weighted by molar-refractivity contribution is 5.92. The molecule has 3 aromatic rings. The Labute approximate surface area is 132 Å². The van der Waals surface area contributed by atoms with Crippen LogP contribution in [0.2, 0.25) is 0 Å². The molecule has 1 fully saturated rings. The molecule has 0 aromatic carbocycles. The number of nitrogens with one attached hydrogen (secondary N) is 1. The van der Waals surface area contributed by atoms with Gasteiger partial charge >= 0.3 is 0 Å². The second kappa shape index (κ2) is 5.45.